The molecule has 19 heavy (non-hydrogen) atoms. The predicted octanol–water partition coefficient (Wildman–Crippen LogP) is 2.06. The van der Waals surface area contributed by atoms with E-state index in [4.69, 9.17) is 33.7 Å². The molecule has 0 fully saturated rings. The monoisotopic (exact) mass is 300 g/mol. The van der Waals surface area contributed by atoms with Crippen molar-refractivity contribution in [1.29, 1.82) is 0 Å². The summed E-state index contributed by atoms with van der Waals surface area (Å²) < 4.78 is 6.57. The standard InChI is InChI=1S/C11H10Cl2N4O2/c1-17-4-7(15-16-17)5-19-11(18)8-2-6(14)3-9(12)10(8)13/h2-4H,5,14H2,1H3. The highest BCUT2D eigenvalue weighted by molar-refractivity contribution is 6.44. The van der Waals surface area contributed by atoms with Crippen molar-refractivity contribution >= 4 is 34.9 Å². The van der Waals surface area contributed by atoms with Crippen molar-refractivity contribution < 1.29 is 9.53 Å². The van der Waals surface area contributed by atoms with Crippen LogP contribution in [0.1, 0.15) is 16.1 Å². The minimum Gasteiger partial charge on any atom is -0.455 e. The molecule has 6 nitrogen and oxygen atoms in total. The number of nitrogens with two attached hydrogens (primary N) is 1. The van der Waals surface area contributed by atoms with E-state index in [0.29, 0.717) is 11.4 Å². The van der Waals surface area contributed by atoms with Crippen LogP contribution in [0, 0.1) is 0 Å². The Kier molecular flexibility index (Phi) is 3.92. The second-order valence-electron chi connectivity index (χ2n) is 3.82. The Bertz CT molecular complexity index is 627. The fraction of sp³-hybridized carbons (Fsp3) is 0.182. The minimum atomic E-state index is -0.621. The molecular weight excluding hydrogens is 291 g/mol. The van der Waals surface area contributed by atoms with Crippen LogP contribution in [-0.2, 0) is 18.4 Å². The maximum Gasteiger partial charge on any atom is 0.340 e. The molecule has 0 aliphatic carbocycles. The lowest BCUT2D eigenvalue weighted by atomic mass is 10.2. The van der Waals surface area contributed by atoms with Crippen LogP contribution in [-0.4, -0.2) is 21.0 Å². The number of esters is 1. The van der Waals surface area contributed by atoms with Gasteiger partial charge in [0.25, 0.3) is 0 Å². The van der Waals surface area contributed by atoms with Crippen molar-refractivity contribution in [2.75, 3.05) is 5.73 Å². The number of hydrogen-bond acceptors (Lipinski definition) is 5. The third-order valence-electron chi connectivity index (χ3n) is 2.27. The Morgan fingerprint density at radius 2 is 2.21 bits per heavy atom. The molecule has 0 bridgehead atoms. The van der Waals surface area contributed by atoms with Crippen molar-refractivity contribution in [3.8, 4) is 0 Å². The molecule has 2 N–H and O–H groups in total. The first-order valence-electron chi connectivity index (χ1n) is 5.24. The summed E-state index contributed by atoms with van der Waals surface area (Å²) in [5.41, 5.74) is 6.58. The average molecular weight is 301 g/mol. The summed E-state index contributed by atoms with van der Waals surface area (Å²) in [6.45, 7) is -0.00454. The summed E-state index contributed by atoms with van der Waals surface area (Å²) >= 11 is 11.8. The molecule has 0 saturated carbocycles. The Morgan fingerprint density at radius 1 is 1.47 bits per heavy atom. The molecule has 0 unspecified atom stereocenters. The molecule has 1 heterocycles. The maximum atomic E-state index is 11.9. The third kappa shape index (κ3) is 3.15. The van der Waals surface area contributed by atoms with Crippen molar-refractivity contribution in [2.45, 2.75) is 6.61 Å². The van der Waals surface area contributed by atoms with Gasteiger partial charge in [0.15, 0.2) is 0 Å². The minimum absolute atomic E-state index is 0.00454. The van der Waals surface area contributed by atoms with Gasteiger partial charge >= 0.3 is 5.97 Å². The van der Waals surface area contributed by atoms with Gasteiger partial charge in [-0.2, -0.15) is 0 Å². The molecule has 1 aromatic carbocycles. The van der Waals surface area contributed by atoms with E-state index >= 15 is 0 Å². The first-order chi connectivity index (χ1) is 8.97. The molecule has 8 heteroatoms. The molecule has 0 radical (unpaired) electrons. The third-order valence-corrected chi connectivity index (χ3v) is 3.07. The van der Waals surface area contributed by atoms with Crippen molar-refractivity contribution in [3.63, 3.8) is 0 Å². The number of carbonyl (C=O) groups is 1. The summed E-state index contributed by atoms with van der Waals surface area (Å²) in [4.78, 5) is 11.9. The highest BCUT2D eigenvalue weighted by Crippen LogP contribution is 2.29. The molecule has 0 saturated heterocycles. The van der Waals surface area contributed by atoms with Crippen LogP contribution in [0.3, 0.4) is 0 Å². The van der Waals surface area contributed by atoms with E-state index in [1.807, 2.05) is 0 Å². The summed E-state index contributed by atoms with van der Waals surface area (Å²) in [7, 11) is 1.72. The first-order valence-corrected chi connectivity index (χ1v) is 6.00. The summed E-state index contributed by atoms with van der Waals surface area (Å²) in [6, 6.07) is 2.87. The Balaban J connectivity index is 2.12. The van der Waals surface area contributed by atoms with Crippen LogP contribution >= 0.6 is 23.2 Å². The van der Waals surface area contributed by atoms with Crippen LogP contribution < -0.4 is 5.73 Å². The molecule has 0 aliphatic heterocycles. The average Bonchev–Trinajstić information content (AvgIpc) is 2.76. The molecule has 0 atom stereocenters. The van der Waals surface area contributed by atoms with Gasteiger partial charge in [-0.05, 0) is 12.1 Å². The number of rotatable bonds is 3. The number of nitrogen functional groups attached to an aromatic ring is 1. The Hall–Kier alpha value is -1.79. The van der Waals surface area contributed by atoms with E-state index in [-0.39, 0.29) is 22.2 Å². The van der Waals surface area contributed by atoms with Gasteiger partial charge in [0.2, 0.25) is 0 Å². The molecule has 2 rings (SSSR count). The topological polar surface area (TPSA) is 83.0 Å². The number of benzene rings is 1. The van der Waals surface area contributed by atoms with Gasteiger partial charge in [-0.3, -0.25) is 4.68 Å². The van der Waals surface area contributed by atoms with E-state index in [2.05, 4.69) is 10.3 Å². The Labute approximate surface area is 119 Å². The zero-order valence-electron chi connectivity index (χ0n) is 9.93. The second kappa shape index (κ2) is 5.46. The zero-order chi connectivity index (χ0) is 14.0. The van der Waals surface area contributed by atoms with Gasteiger partial charge in [0.1, 0.15) is 12.3 Å². The van der Waals surface area contributed by atoms with E-state index < -0.39 is 5.97 Å². The summed E-state index contributed by atoms with van der Waals surface area (Å²) in [5.74, 6) is -0.621. The largest absolute Gasteiger partial charge is 0.455 e. The van der Waals surface area contributed by atoms with Gasteiger partial charge in [0.05, 0.1) is 21.8 Å². The van der Waals surface area contributed by atoms with Crippen LogP contribution in [0.2, 0.25) is 10.0 Å². The molecule has 0 spiro atoms. The number of ether oxygens (including phenoxy) is 1. The van der Waals surface area contributed by atoms with Gasteiger partial charge in [-0.15, -0.1) is 5.10 Å². The smallest absolute Gasteiger partial charge is 0.340 e. The highest BCUT2D eigenvalue weighted by Gasteiger charge is 2.16. The molecule has 2 aromatic rings. The lowest BCUT2D eigenvalue weighted by molar-refractivity contribution is 0.0468. The maximum absolute atomic E-state index is 11.9. The number of anilines is 1. The number of aromatic nitrogens is 3. The molecule has 0 aliphatic rings. The Morgan fingerprint density at radius 3 is 2.84 bits per heavy atom. The second-order valence-corrected chi connectivity index (χ2v) is 4.61. The highest BCUT2D eigenvalue weighted by atomic mass is 35.5. The molecule has 0 amide bonds. The SMILES string of the molecule is Cn1cc(COC(=O)c2cc(N)cc(Cl)c2Cl)nn1. The van der Waals surface area contributed by atoms with Gasteiger partial charge < -0.3 is 10.5 Å². The predicted molar refractivity (Wildman–Crippen MR) is 71.0 cm³/mol. The number of hydrogen-bond donors (Lipinski definition) is 1. The van der Waals surface area contributed by atoms with Crippen molar-refractivity contribution in [2.24, 2.45) is 7.05 Å². The lowest BCUT2D eigenvalue weighted by Crippen LogP contribution is -2.07. The lowest BCUT2D eigenvalue weighted by Gasteiger charge is -2.07. The van der Waals surface area contributed by atoms with E-state index in [9.17, 15) is 4.79 Å². The van der Waals surface area contributed by atoms with Crippen molar-refractivity contribution in [1.82, 2.24) is 15.0 Å². The van der Waals surface area contributed by atoms with Gasteiger partial charge in [-0.1, -0.05) is 28.4 Å². The number of nitrogens with zero attached hydrogens (tertiary/aromatic N) is 3. The van der Waals surface area contributed by atoms with Crippen LogP contribution in [0.5, 0.6) is 0 Å². The van der Waals surface area contributed by atoms with Crippen LogP contribution in [0.15, 0.2) is 18.3 Å². The fourth-order valence-electron chi connectivity index (χ4n) is 1.44. The van der Waals surface area contributed by atoms with Gasteiger partial charge in [-0.25, -0.2) is 4.79 Å². The first kappa shape index (κ1) is 13.6. The van der Waals surface area contributed by atoms with E-state index in [1.54, 1.807) is 13.2 Å². The molecule has 100 valence electrons. The summed E-state index contributed by atoms with van der Waals surface area (Å²) in [6.07, 6.45) is 1.64. The normalized spacial score (nSPS) is 10.5. The number of halogens is 2. The van der Waals surface area contributed by atoms with Gasteiger partial charge in [0, 0.05) is 12.7 Å². The van der Waals surface area contributed by atoms with E-state index in [0.717, 1.165) is 0 Å². The van der Waals surface area contributed by atoms with Crippen LogP contribution in [0.4, 0.5) is 5.69 Å². The zero-order valence-corrected chi connectivity index (χ0v) is 11.4. The van der Waals surface area contributed by atoms with E-state index in [1.165, 1.54) is 16.8 Å². The fourth-order valence-corrected chi connectivity index (χ4v) is 1.85. The summed E-state index contributed by atoms with van der Waals surface area (Å²) in [5, 5.41) is 7.83. The number of aryl methyl sites for hydroxylation is 1. The number of carbonyl (C=O) groups excluding carboxylic acids is 1. The molecule has 1 aromatic heterocycles. The quantitative estimate of drug-likeness (QED) is 0.693. The molecular formula is C11H10Cl2N4O2. The van der Waals surface area contributed by atoms with Crippen LogP contribution in [0.25, 0.3) is 0 Å². The van der Waals surface area contributed by atoms with Crippen molar-refractivity contribution in [3.05, 3.63) is 39.6 Å².